The standard InChI is InChI=1S/C22H26N6S/c1-21(2)7-6-15-14(9-21)16-17-18(29-20(16)28-22(15,3)23)19(27-12-26-17)25-11-13-5-4-8-24-10-13/h4-5,8,10,12,15H,6-7,9,11,23H2,1-3H3,(H,25,26,27). The molecule has 29 heavy (non-hydrogen) atoms. The monoisotopic (exact) mass is 406 g/mol. The van der Waals surface area contributed by atoms with Gasteiger partial charge in [0.05, 0.1) is 10.2 Å². The van der Waals surface area contributed by atoms with E-state index in [2.05, 4.69) is 47.1 Å². The Hall–Kier alpha value is -2.38. The Kier molecular flexibility index (Phi) is 4.22. The first-order valence-corrected chi connectivity index (χ1v) is 10.9. The molecular weight excluding hydrogens is 380 g/mol. The molecule has 2 aliphatic rings. The Morgan fingerprint density at radius 3 is 2.93 bits per heavy atom. The minimum Gasteiger partial charge on any atom is -0.365 e. The number of nitrogens with zero attached hydrogens (tertiary/aromatic N) is 4. The van der Waals surface area contributed by atoms with E-state index in [9.17, 15) is 0 Å². The summed E-state index contributed by atoms with van der Waals surface area (Å²) in [6.45, 7) is 7.43. The van der Waals surface area contributed by atoms with Gasteiger partial charge >= 0.3 is 0 Å². The molecule has 1 fully saturated rings. The van der Waals surface area contributed by atoms with E-state index < -0.39 is 5.66 Å². The second-order valence-corrected chi connectivity index (χ2v) is 10.2. The van der Waals surface area contributed by atoms with E-state index in [0.29, 0.717) is 6.54 Å². The van der Waals surface area contributed by atoms with Crippen molar-refractivity contribution < 1.29 is 0 Å². The third-order valence-corrected chi connectivity index (χ3v) is 7.28. The summed E-state index contributed by atoms with van der Waals surface area (Å²) >= 11 is 1.65. The number of hydrogen-bond acceptors (Lipinski definition) is 7. The van der Waals surface area contributed by atoms with E-state index in [1.54, 1.807) is 23.9 Å². The number of hydrogen-bond donors (Lipinski definition) is 2. The molecule has 2 unspecified atom stereocenters. The van der Waals surface area contributed by atoms with E-state index in [1.165, 1.54) is 17.2 Å². The molecule has 1 aliphatic heterocycles. The normalized spacial score (nSPS) is 25.2. The van der Waals surface area contributed by atoms with Gasteiger partial charge in [0.2, 0.25) is 0 Å². The van der Waals surface area contributed by atoms with Crippen LogP contribution in [0.4, 0.5) is 5.82 Å². The summed E-state index contributed by atoms with van der Waals surface area (Å²) in [4.78, 5) is 18.4. The molecule has 0 aromatic carbocycles. The topological polar surface area (TPSA) is 89.1 Å². The first kappa shape index (κ1) is 18.6. The van der Waals surface area contributed by atoms with Crippen LogP contribution in [-0.4, -0.2) is 20.6 Å². The third kappa shape index (κ3) is 3.22. The van der Waals surface area contributed by atoms with Gasteiger partial charge in [-0.1, -0.05) is 25.5 Å². The third-order valence-electron chi connectivity index (χ3n) is 6.20. The van der Waals surface area contributed by atoms with Gasteiger partial charge in [0, 0.05) is 30.1 Å². The van der Waals surface area contributed by atoms with Crippen molar-refractivity contribution in [3.05, 3.63) is 46.3 Å². The molecular formula is C22H26N6S. The number of anilines is 1. The predicted octanol–water partition coefficient (Wildman–Crippen LogP) is 2.98. The van der Waals surface area contributed by atoms with E-state index in [-0.39, 0.29) is 11.3 Å². The zero-order valence-electron chi connectivity index (χ0n) is 17.1. The Labute approximate surface area is 174 Å². The summed E-state index contributed by atoms with van der Waals surface area (Å²) < 4.78 is 2.05. The van der Waals surface area contributed by atoms with Crippen LogP contribution in [0.3, 0.4) is 0 Å². The lowest BCUT2D eigenvalue weighted by Gasteiger charge is -2.43. The molecule has 7 heteroatoms. The van der Waals surface area contributed by atoms with Crippen LogP contribution < -0.4 is 20.9 Å². The van der Waals surface area contributed by atoms with Gasteiger partial charge in [-0.25, -0.2) is 9.97 Å². The number of rotatable bonds is 3. The van der Waals surface area contributed by atoms with Gasteiger partial charge in [0.1, 0.15) is 22.5 Å². The van der Waals surface area contributed by atoms with E-state index in [1.807, 2.05) is 12.3 Å². The molecule has 3 aromatic heterocycles. The molecule has 1 saturated carbocycles. The highest BCUT2D eigenvalue weighted by atomic mass is 32.1. The van der Waals surface area contributed by atoms with Crippen LogP contribution >= 0.6 is 11.3 Å². The molecule has 6 nitrogen and oxygen atoms in total. The van der Waals surface area contributed by atoms with Crippen molar-refractivity contribution in [1.82, 2.24) is 15.0 Å². The Morgan fingerprint density at radius 2 is 2.14 bits per heavy atom. The van der Waals surface area contributed by atoms with Crippen LogP contribution in [0.25, 0.3) is 15.8 Å². The Morgan fingerprint density at radius 1 is 1.28 bits per heavy atom. The van der Waals surface area contributed by atoms with Crippen molar-refractivity contribution in [1.29, 1.82) is 0 Å². The summed E-state index contributed by atoms with van der Waals surface area (Å²) in [6.07, 6.45) is 8.59. The highest BCUT2D eigenvalue weighted by molar-refractivity contribution is 7.17. The molecule has 3 N–H and O–H groups in total. The largest absolute Gasteiger partial charge is 0.365 e. The van der Waals surface area contributed by atoms with Gasteiger partial charge in [-0.3, -0.25) is 9.98 Å². The molecule has 2 atom stereocenters. The molecule has 0 saturated heterocycles. The van der Waals surface area contributed by atoms with Crippen LogP contribution in [0, 0.1) is 11.3 Å². The maximum absolute atomic E-state index is 6.69. The smallest absolute Gasteiger partial charge is 0.147 e. The van der Waals surface area contributed by atoms with Gasteiger partial charge in [0.25, 0.3) is 0 Å². The maximum Gasteiger partial charge on any atom is 0.147 e. The number of nitrogens with two attached hydrogens (primary N) is 1. The van der Waals surface area contributed by atoms with E-state index in [4.69, 9.17) is 10.7 Å². The van der Waals surface area contributed by atoms with Gasteiger partial charge in [0.15, 0.2) is 0 Å². The highest BCUT2D eigenvalue weighted by Crippen LogP contribution is 2.46. The number of nitrogens with one attached hydrogen (secondary N) is 1. The summed E-state index contributed by atoms with van der Waals surface area (Å²) in [5, 5.41) is 4.67. The highest BCUT2D eigenvalue weighted by Gasteiger charge is 2.42. The van der Waals surface area contributed by atoms with Crippen LogP contribution in [0.15, 0.2) is 35.8 Å². The van der Waals surface area contributed by atoms with Gasteiger partial charge in [-0.15, -0.1) is 11.3 Å². The number of thiophene rings is 1. The molecule has 1 aliphatic carbocycles. The van der Waals surface area contributed by atoms with E-state index in [0.717, 1.165) is 39.1 Å². The molecule has 3 aromatic rings. The van der Waals surface area contributed by atoms with Crippen molar-refractivity contribution in [2.45, 2.75) is 52.2 Å². The van der Waals surface area contributed by atoms with Crippen LogP contribution in [0.1, 0.15) is 45.6 Å². The minimum absolute atomic E-state index is 0.277. The summed E-state index contributed by atoms with van der Waals surface area (Å²) in [5.41, 5.74) is 9.96. The van der Waals surface area contributed by atoms with E-state index >= 15 is 0 Å². The Bertz CT molecular complexity index is 1200. The second-order valence-electron chi connectivity index (χ2n) is 9.19. The number of aromatic nitrogens is 3. The van der Waals surface area contributed by atoms with Crippen molar-refractivity contribution in [3.8, 4) is 0 Å². The minimum atomic E-state index is -0.559. The fourth-order valence-corrected chi connectivity index (χ4v) is 5.96. The zero-order chi connectivity index (χ0) is 20.2. The number of fused-ring (bicyclic) bond motifs is 4. The lowest BCUT2D eigenvalue weighted by Crippen LogP contribution is -2.52. The SMILES string of the molecule is CC1(C)CCC2C(=c3c(sc4c(NCc5cccnc5)ncnc34)=NC2(C)N)C1. The molecule has 5 rings (SSSR count). The molecule has 0 amide bonds. The van der Waals surface area contributed by atoms with Crippen molar-refractivity contribution >= 4 is 32.9 Å². The molecule has 150 valence electrons. The van der Waals surface area contributed by atoms with Gasteiger partial charge in [-0.05, 0) is 43.2 Å². The molecule has 0 bridgehead atoms. The Balaban J connectivity index is 1.67. The summed E-state index contributed by atoms with van der Waals surface area (Å²) in [7, 11) is 0. The molecule has 0 spiro atoms. The maximum atomic E-state index is 6.69. The quantitative estimate of drug-likeness (QED) is 0.698. The lowest BCUT2D eigenvalue weighted by atomic mass is 9.66. The van der Waals surface area contributed by atoms with Crippen LogP contribution in [0.2, 0.25) is 0 Å². The molecule has 4 heterocycles. The average Bonchev–Trinajstić information content (AvgIpc) is 3.04. The van der Waals surface area contributed by atoms with Gasteiger partial charge < -0.3 is 11.1 Å². The zero-order valence-corrected chi connectivity index (χ0v) is 17.9. The first-order valence-electron chi connectivity index (χ1n) is 10.1. The molecule has 0 radical (unpaired) electrons. The second kappa shape index (κ2) is 6.57. The first-order chi connectivity index (χ1) is 13.8. The summed E-state index contributed by atoms with van der Waals surface area (Å²) in [6, 6.07) is 4.00. The fourth-order valence-electron chi connectivity index (χ4n) is 4.72. The predicted molar refractivity (Wildman–Crippen MR) is 117 cm³/mol. The number of pyridine rings is 1. The van der Waals surface area contributed by atoms with Crippen LogP contribution in [0.5, 0.6) is 0 Å². The van der Waals surface area contributed by atoms with Crippen LogP contribution in [-0.2, 0) is 6.54 Å². The fraction of sp³-hybridized carbons (Fsp3) is 0.455. The van der Waals surface area contributed by atoms with Crippen molar-refractivity contribution in [3.63, 3.8) is 0 Å². The summed E-state index contributed by atoms with van der Waals surface area (Å²) in [5.74, 6) is 1.13. The average molecular weight is 407 g/mol. The van der Waals surface area contributed by atoms with Crippen molar-refractivity contribution in [2.75, 3.05) is 5.32 Å². The lowest BCUT2D eigenvalue weighted by molar-refractivity contribution is 0.221. The van der Waals surface area contributed by atoms with Gasteiger partial charge in [-0.2, -0.15) is 0 Å². The van der Waals surface area contributed by atoms with Crippen molar-refractivity contribution in [2.24, 2.45) is 22.1 Å².